The van der Waals surface area contributed by atoms with Crippen molar-refractivity contribution in [2.45, 2.75) is 33.2 Å². The summed E-state index contributed by atoms with van der Waals surface area (Å²) in [5, 5.41) is 8.80. The van der Waals surface area contributed by atoms with E-state index in [1.165, 1.54) is 11.2 Å². The van der Waals surface area contributed by atoms with Crippen molar-refractivity contribution in [1.29, 1.82) is 0 Å². The number of anilines is 1. The summed E-state index contributed by atoms with van der Waals surface area (Å²) in [6, 6.07) is -0.153. The second kappa shape index (κ2) is 5.56. The fourth-order valence-electron chi connectivity index (χ4n) is 1.49. The number of carbonyl (C=O) groups is 1. The van der Waals surface area contributed by atoms with E-state index in [1.54, 1.807) is 20.8 Å². The molecule has 17 heavy (non-hydrogen) atoms. The first kappa shape index (κ1) is 13.3. The van der Waals surface area contributed by atoms with E-state index in [4.69, 9.17) is 5.11 Å². The van der Waals surface area contributed by atoms with Crippen molar-refractivity contribution in [3.63, 3.8) is 0 Å². The Bertz CT molecular complexity index is 410. The number of nitrogens with zero attached hydrogens (tertiary/aromatic N) is 3. The van der Waals surface area contributed by atoms with E-state index < -0.39 is 11.8 Å². The van der Waals surface area contributed by atoms with Crippen LogP contribution >= 0.6 is 0 Å². The van der Waals surface area contributed by atoms with E-state index >= 15 is 0 Å². The number of carboxylic acid groups (broad SMARTS) is 1. The van der Waals surface area contributed by atoms with Crippen LogP contribution in [0.5, 0.6) is 0 Å². The van der Waals surface area contributed by atoms with Crippen molar-refractivity contribution in [3.05, 3.63) is 17.8 Å². The average Bonchev–Trinajstić information content (AvgIpc) is 2.26. The number of rotatable bonds is 5. The molecule has 0 unspecified atom stereocenters. The summed E-state index contributed by atoms with van der Waals surface area (Å²) in [5.74, 6) is -1.51. The largest absolute Gasteiger partial charge is 0.480 e. The standard InChI is InChI=1S/C11H16FN3O2/c1-4-8-10(12)11(14-6-13-8)15(7(2)3)5-9(16)17/h6-7H,4-5H2,1-3H3,(H,16,17). The first-order valence-corrected chi connectivity index (χ1v) is 5.45. The molecular formula is C11H16FN3O2. The molecule has 1 heterocycles. The SMILES string of the molecule is CCc1ncnc(N(CC(=O)O)C(C)C)c1F. The van der Waals surface area contributed by atoms with Gasteiger partial charge in [0.05, 0.1) is 5.69 Å². The van der Waals surface area contributed by atoms with Crippen LogP contribution in [0.4, 0.5) is 10.2 Å². The zero-order chi connectivity index (χ0) is 13.0. The molecule has 5 nitrogen and oxygen atoms in total. The lowest BCUT2D eigenvalue weighted by Gasteiger charge is -2.26. The third kappa shape index (κ3) is 3.12. The lowest BCUT2D eigenvalue weighted by atomic mass is 10.2. The number of aliphatic carboxylic acids is 1. The third-order valence-corrected chi connectivity index (χ3v) is 2.38. The predicted molar refractivity (Wildman–Crippen MR) is 61.5 cm³/mol. The number of hydrogen-bond acceptors (Lipinski definition) is 4. The highest BCUT2D eigenvalue weighted by Crippen LogP contribution is 2.20. The van der Waals surface area contributed by atoms with E-state index in [1.807, 2.05) is 0 Å². The Kier molecular flexibility index (Phi) is 4.37. The van der Waals surface area contributed by atoms with Crippen LogP contribution in [-0.2, 0) is 11.2 Å². The fraction of sp³-hybridized carbons (Fsp3) is 0.545. The number of carboxylic acids is 1. The van der Waals surface area contributed by atoms with Crippen LogP contribution in [-0.4, -0.2) is 33.6 Å². The summed E-state index contributed by atoms with van der Waals surface area (Å²) < 4.78 is 14.0. The highest BCUT2D eigenvalue weighted by Gasteiger charge is 2.21. The molecule has 0 aliphatic rings. The van der Waals surface area contributed by atoms with E-state index in [2.05, 4.69) is 9.97 Å². The molecule has 1 aromatic heterocycles. The summed E-state index contributed by atoms with van der Waals surface area (Å²) in [4.78, 5) is 19.8. The van der Waals surface area contributed by atoms with Gasteiger partial charge in [-0.3, -0.25) is 4.79 Å². The number of hydrogen-bond donors (Lipinski definition) is 1. The summed E-state index contributed by atoms with van der Waals surface area (Å²) in [6.07, 6.45) is 1.70. The normalized spacial score (nSPS) is 10.6. The average molecular weight is 241 g/mol. The second-order valence-corrected chi connectivity index (χ2v) is 3.93. The minimum atomic E-state index is -1.02. The van der Waals surface area contributed by atoms with Gasteiger partial charge in [-0.1, -0.05) is 6.92 Å². The summed E-state index contributed by atoms with van der Waals surface area (Å²) in [6.45, 7) is 5.08. The molecule has 0 saturated carbocycles. The number of aryl methyl sites for hydroxylation is 1. The zero-order valence-electron chi connectivity index (χ0n) is 10.1. The molecule has 1 aromatic rings. The molecule has 94 valence electrons. The molecule has 0 spiro atoms. The lowest BCUT2D eigenvalue weighted by Crippen LogP contribution is -2.37. The Hall–Kier alpha value is -1.72. The van der Waals surface area contributed by atoms with Gasteiger partial charge in [0, 0.05) is 6.04 Å². The summed E-state index contributed by atoms with van der Waals surface area (Å²) >= 11 is 0. The molecule has 0 aliphatic heterocycles. The molecular weight excluding hydrogens is 225 g/mol. The number of halogens is 1. The van der Waals surface area contributed by atoms with Crippen LogP contribution in [0.2, 0.25) is 0 Å². The Morgan fingerprint density at radius 3 is 2.65 bits per heavy atom. The Balaban J connectivity index is 3.14. The lowest BCUT2D eigenvalue weighted by molar-refractivity contribution is -0.135. The van der Waals surface area contributed by atoms with E-state index in [0.29, 0.717) is 12.1 Å². The zero-order valence-corrected chi connectivity index (χ0v) is 10.1. The van der Waals surface area contributed by atoms with Gasteiger partial charge < -0.3 is 10.0 Å². The van der Waals surface area contributed by atoms with E-state index in [9.17, 15) is 9.18 Å². The van der Waals surface area contributed by atoms with Gasteiger partial charge >= 0.3 is 5.97 Å². The van der Waals surface area contributed by atoms with Gasteiger partial charge in [-0.15, -0.1) is 0 Å². The first-order valence-electron chi connectivity index (χ1n) is 5.45. The van der Waals surface area contributed by atoms with Gasteiger partial charge in [0.1, 0.15) is 12.9 Å². The molecule has 0 amide bonds. The maximum absolute atomic E-state index is 14.0. The predicted octanol–water partition coefficient (Wildman–Crippen LogP) is 1.48. The van der Waals surface area contributed by atoms with Crippen LogP contribution in [0.3, 0.4) is 0 Å². The molecule has 0 aromatic carbocycles. The van der Waals surface area contributed by atoms with E-state index in [-0.39, 0.29) is 18.4 Å². The Morgan fingerprint density at radius 2 is 2.18 bits per heavy atom. The van der Waals surface area contributed by atoms with Gasteiger partial charge in [0.15, 0.2) is 11.6 Å². The Labute approximate surface area is 99.3 Å². The van der Waals surface area contributed by atoms with Crippen LogP contribution in [0.1, 0.15) is 26.5 Å². The van der Waals surface area contributed by atoms with Crippen LogP contribution < -0.4 is 4.90 Å². The van der Waals surface area contributed by atoms with Crippen LogP contribution in [0, 0.1) is 5.82 Å². The summed E-state index contributed by atoms with van der Waals surface area (Å²) in [5.41, 5.74) is 0.297. The molecule has 0 fully saturated rings. The monoisotopic (exact) mass is 241 g/mol. The van der Waals surface area contributed by atoms with Crippen molar-refractivity contribution >= 4 is 11.8 Å². The van der Waals surface area contributed by atoms with Crippen molar-refractivity contribution in [3.8, 4) is 0 Å². The number of aromatic nitrogens is 2. The molecule has 1 N–H and O–H groups in total. The smallest absolute Gasteiger partial charge is 0.323 e. The van der Waals surface area contributed by atoms with Crippen molar-refractivity contribution in [1.82, 2.24) is 9.97 Å². The topological polar surface area (TPSA) is 66.3 Å². The maximum atomic E-state index is 14.0. The summed E-state index contributed by atoms with van der Waals surface area (Å²) in [7, 11) is 0. The fourth-order valence-corrected chi connectivity index (χ4v) is 1.49. The van der Waals surface area contributed by atoms with Gasteiger partial charge in [-0.05, 0) is 20.3 Å². The van der Waals surface area contributed by atoms with E-state index in [0.717, 1.165) is 0 Å². The molecule has 0 saturated heterocycles. The van der Waals surface area contributed by atoms with Crippen LogP contribution in [0.25, 0.3) is 0 Å². The molecule has 0 aliphatic carbocycles. The quantitative estimate of drug-likeness (QED) is 0.845. The van der Waals surface area contributed by atoms with Gasteiger partial charge in [-0.2, -0.15) is 0 Å². The first-order chi connectivity index (χ1) is 7.97. The highest BCUT2D eigenvalue weighted by molar-refractivity contribution is 5.73. The van der Waals surface area contributed by atoms with Crippen molar-refractivity contribution in [2.75, 3.05) is 11.4 Å². The highest BCUT2D eigenvalue weighted by atomic mass is 19.1. The molecule has 0 atom stereocenters. The Morgan fingerprint density at radius 1 is 1.53 bits per heavy atom. The van der Waals surface area contributed by atoms with Gasteiger partial charge in [0.25, 0.3) is 0 Å². The minimum Gasteiger partial charge on any atom is -0.480 e. The van der Waals surface area contributed by atoms with Crippen molar-refractivity contribution < 1.29 is 14.3 Å². The molecule has 0 bridgehead atoms. The van der Waals surface area contributed by atoms with Crippen LogP contribution in [0.15, 0.2) is 6.33 Å². The maximum Gasteiger partial charge on any atom is 0.323 e. The third-order valence-electron chi connectivity index (χ3n) is 2.38. The minimum absolute atomic E-state index is 0.0502. The second-order valence-electron chi connectivity index (χ2n) is 3.93. The molecule has 0 radical (unpaired) electrons. The van der Waals surface area contributed by atoms with Gasteiger partial charge in [0.2, 0.25) is 0 Å². The molecule has 6 heteroatoms. The molecule has 1 rings (SSSR count). The van der Waals surface area contributed by atoms with Crippen molar-refractivity contribution in [2.24, 2.45) is 0 Å². The van der Waals surface area contributed by atoms with Gasteiger partial charge in [-0.25, -0.2) is 14.4 Å².